The molecule has 21 aromatic rings. The van der Waals surface area contributed by atoms with Crippen LogP contribution in [0.2, 0.25) is 0 Å². The van der Waals surface area contributed by atoms with Gasteiger partial charge in [-0.1, -0.05) is 200 Å². The average Bonchev–Trinajstić information content (AvgIpc) is 1.26. The monoisotopic (exact) mass is 1660 g/mol. The molecule has 0 N–H and O–H groups in total. The van der Waals surface area contributed by atoms with Crippen LogP contribution in [-0.2, 0) is 0 Å². The maximum Gasteiger partial charge on any atom is 0.164 e. The Hall–Kier alpha value is -16.3. The largest absolute Gasteiger partial charge is 0.247 e. The van der Waals surface area contributed by atoms with Crippen LogP contribution in [-0.4, -0.2) is 41.2 Å². The molecule has 0 aliphatic carbocycles. The topological polar surface area (TPSA) is 235 Å². The van der Waals surface area contributed by atoms with E-state index >= 15 is 0 Å². The summed E-state index contributed by atoms with van der Waals surface area (Å²) in [6.07, 6.45) is 0. The Morgan fingerprint density at radius 2 is 0.512 bits per heavy atom. The molecule has 0 spiro atoms. The Balaban J connectivity index is 0.000000121. The van der Waals surface area contributed by atoms with Crippen LogP contribution in [0.4, 0.5) is 35.1 Å². The lowest BCUT2D eigenvalue weighted by Crippen LogP contribution is -2.03. The number of aromatic nitrogens is 9. The van der Waals surface area contributed by atoms with E-state index in [-0.39, 0.29) is 27.8 Å². The van der Waals surface area contributed by atoms with E-state index in [9.17, 15) is 56.2 Å². The molecule has 0 bridgehead atoms. The molecular weight excluding hydrogens is 1620 g/mol. The Morgan fingerprint density at radius 3 is 0.837 bits per heavy atom. The maximum atomic E-state index is 15.0. The summed E-state index contributed by atoms with van der Waals surface area (Å²) >= 11 is 3.50. The van der Waals surface area contributed by atoms with Crippen molar-refractivity contribution in [1.29, 1.82) is 26.3 Å². The van der Waals surface area contributed by atoms with Gasteiger partial charge in [-0.2, -0.15) is 52.6 Å². The highest BCUT2D eigenvalue weighted by atomic mass is 32.1. The van der Waals surface area contributed by atoms with Crippen molar-refractivity contribution in [2.45, 2.75) is 0 Å². The zero-order valence-electron chi connectivity index (χ0n) is 62.9. The number of hydrogen-bond acceptors (Lipinski definition) is 17. The molecular formula is C98H44F8N14S3. The summed E-state index contributed by atoms with van der Waals surface area (Å²) in [4.78, 5) is 15.2. The van der Waals surface area contributed by atoms with E-state index in [2.05, 4.69) is 26.2 Å². The van der Waals surface area contributed by atoms with Gasteiger partial charge < -0.3 is 0 Å². The van der Waals surface area contributed by atoms with Crippen molar-refractivity contribution < 1.29 is 35.1 Å². The summed E-state index contributed by atoms with van der Waals surface area (Å²) in [7, 11) is 0. The van der Waals surface area contributed by atoms with E-state index in [1.54, 1.807) is 72.8 Å². The van der Waals surface area contributed by atoms with Crippen LogP contribution < -0.4 is 0 Å². The van der Waals surface area contributed by atoms with Gasteiger partial charge in [0.1, 0.15) is 91.8 Å². The lowest BCUT2D eigenvalue weighted by molar-refractivity contribution is 0.538. The van der Waals surface area contributed by atoms with E-state index in [1.807, 2.05) is 182 Å². The van der Waals surface area contributed by atoms with Crippen LogP contribution in [0.15, 0.2) is 267 Å². The molecule has 6 heterocycles. The fourth-order valence-corrected chi connectivity index (χ4v) is 17.2. The third kappa shape index (κ3) is 13.3. The second-order valence-electron chi connectivity index (χ2n) is 28.3. The second kappa shape index (κ2) is 31.5. The standard InChI is InChI=1S/C33H14F3N5S.C33H15F2N5S.C32H15F3N4S/c34-29-23(15-37)30(35)27(31(36)24(29)16-38)18-8-6-17(7-9-18)20-10-11-21-26(14-20)39-32(19-4-2-1-3-5-19)22-12-13-25-33(28(21)22)41-42-40-25;34-30-22(16-36)14-23(17-37)31(35)28(30)19-8-6-18(7-9-19)21-10-11-24-27(15-21)38-32(20-4-2-1-3-5-20)25-12-13-26-33(29(24)25)40-41-39-26;33-24-15-25(34)28(30(35)23(24)16-36)18-8-6-17(7-9-18)20-10-11-21-27(14-20)37-31(19-4-2-1-3-5-19)22-12-13-26-32(29(21)22)39-40-38-26/h1-14H;1-15H;1-15H. The number of fused-ring (bicyclic) bond motifs is 15. The lowest BCUT2D eigenvalue weighted by Gasteiger charge is -2.13. The number of rotatable bonds is 9. The van der Waals surface area contributed by atoms with Crippen molar-refractivity contribution in [2.75, 3.05) is 0 Å². The van der Waals surface area contributed by atoms with Gasteiger partial charge in [0.05, 0.1) is 96.6 Å². The van der Waals surface area contributed by atoms with Crippen molar-refractivity contribution in [3.05, 3.63) is 341 Å². The van der Waals surface area contributed by atoms with Gasteiger partial charge in [0, 0.05) is 71.2 Å². The zero-order chi connectivity index (χ0) is 84.4. The van der Waals surface area contributed by atoms with Gasteiger partial charge in [0.15, 0.2) is 34.9 Å². The van der Waals surface area contributed by atoms with Gasteiger partial charge in [-0.3, -0.25) is 0 Å². The minimum atomic E-state index is -1.51. The SMILES string of the molecule is N#Cc1c(F)c(C#N)c(F)c(-c2ccc(-c3ccc4c(c3)nc(-c3ccccc3)c3ccc5nsnc5c34)cc2)c1F.N#Cc1c(F)cc(F)c(-c2ccc(-c3ccc4c(c3)nc(-c3ccccc3)c3ccc5nsnc5c34)cc2)c1F.N#Cc1cc(C#N)c(F)c(-c2ccc(-c3ccc4c(c3)nc(-c3ccccc3)c3ccc5nsnc5c34)cc2)c1F. The molecule has 580 valence electrons. The number of hydrogen-bond donors (Lipinski definition) is 0. The molecule has 0 saturated carbocycles. The molecule has 6 aromatic heterocycles. The normalized spacial score (nSPS) is 11.2. The highest BCUT2D eigenvalue weighted by molar-refractivity contribution is 7.00. The minimum Gasteiger partial charge on any atom is -0.247 e. The molecule has 0 radical (unpaired) electrons. The van der Waals surface area contributed by atoms with Crippen molar-refractivity contribution in [2.24, 2.45) is 0 Å². The summed E-state index contributed by atoms with van der Waals surface area (Å²) < 4.78 is 144. The number of benzene rings is 15. The van der Waals surface area contributed by atoms with Crippen LogP contribution in [0, 0.1) is 103 Å². The van der Waals surface area contributed by atoms with Crippen LogP contribution in [0.1, 0.15) is 27.8 Å². The lowest BCUT2D eigenvalue weighted by atomic mass is 9.94. The highest BCUT2D eigenvalue weighted by Gasteiger charge is 2.29. The Labute approximate surface area is 703 Å². The van der Waals surface area contributed by atoms with E-state index in [0.717, 1.165) is 183 Å². The average molecular weight is 1670 g/mol. The quantitative estimate of drug-likeness (QED) is 0.0966. The first-order valence-corrected chi connectivity index (χ1v) is 39.6. The zero-order valence-corrected chi connectivity index (χ0v) is 65.4. The van der Waals surface area contributed by atoms with Gasteiger partial charge in [-0.25, -0.2) is 50.1 Å². The van der Waals surface area contributed by atoms with E-state index in [1.165, 1.54) is 53.8 Å². The summed E-state index contributed by atoms with van der Waals surface area (Å²) in [6, 6.07) is 88.1. The molecule has 0 fully saturated rings. The van der Waals surface area contributed by atoms with Crippen LogP contribution in [0.5, 0.6) is 0 Å². The Bertz CT molecular complexity index is 8150. The molecule has 0 atom stereocenters. The third-order valence-electron chi connectivity index (χ3n) is 21.5. The number of pyridine rings is 3. The van der Waals surface area contributed by atoms with Crippen molar-refractivity contribution in [1.82, 2.24) is 41.2 Å². The van der Waals surface area contributed by atoms with Crippen molar-refractivity contribution in [3.8, 4) is 131 Å². The predicted molar refractivity (Wildman–Crippen MR) is 463 cm³/mol. The van der Waals surface area contributed by atoms with Crippen LogP contribution in [0.25, 0.3) is 199 Å². The molecule has 0 amide bonds. The fourth-order valence-electron chi connectivity index (χ4n) is 15.6. The van der Waals surface area contributed by atoms with Gasteiger partial charge in [-0.15, -0.1) is 0 Å². The molecule has 25 heteroatoms. The van der Waals surface area contributed by atoms with E-state index in [4.69, 9.17) is 20.2 Å². The summed E-state index contributed by atoms with van der Waals surface area (Å²) in [5, 5.41) is 54.6. The predicted octanol–water partition coefficient (Wildman–Crippen LogP) is 25.7. The van der Waals surface area contributed by atoms with Crippen molar-refractivity contribution in [3.63, 3.8) is 0 Å². The molecule has 0 aliphatic heterocycles. The van der Waals surface area contributed by atoms with E-state index in [0.29, 0.717) is 6.07 Å². The molecule has 21 rings (SSSR count). The van der Waals surface area contributed by atoms with Gasteiger partial charge in [0.25, 0.3) is 0 Å². The summed E-state index contributed by atoms with van der Waals surface area (Å²) in [5.74, 6) is -9.70. The van der Waals surface area contributed by atoms with Gasteiger partial charge in [-0.05, 0) is 111 Å². The van der Waals surface area contributed by atoms with Gasteiger partial charge >= 0.3 is 0 Å². The summed E-state index contributed by atoms with van der Waals surface area (Å²) in [6.45, 7) is 0. The molecule has 123 heavy (non-hydrogen) atoms. The first-order valence-electron chi connectivity index (χ1n) is 37.5. The number of nitrogens with zero attached hydrogens (tertiary/aromatic N) is 14. The Morgan fingerprint density at radius 1 is 0.220 bits per heavy atom. The second-order valence-corrected chi connectivity index (χ2v) is 29.9. The van der Waals surface area contributed by atoms with Crippen LogP contribution >= 0.6 is 35.2 Å². The maximum absolute atomic E-state index is 15.0. The molecule has 14 nitrogen and oxygen atoms in total. The first kappa shape index (κ1) is 76.6. The van der Waals surface area contributed by atoms with Gasteiger partial charge in [0.2, 0.25) is 0 Å². The molecule has 0 aliphatic rings. The number of halogens is 8. The summed E-state index contributed by atoms with van der Waals surface area (Å²) in [5.41, 5.74) is 12.9. The smallest absolute Gasteiger partial charge is 0.164 e. The number of nitriles is 5. The van der Waals surface area contributed by atoms with Crippen LogP contribution in [0.3, 0.4) is 0 Å². The highest BCUT2D eigenvalue weighted by Crippen LogP contribution is 2.45. The minimum absolute atomic E-state index is 0.0662. The Kier molecular flexibility index (Phi) is 19.6. The third-order valence-corrected chi connectivity index (χ3v) is 23.1. The molecule has 0 saturated heterocycles. The first-order chi connectivity index (χ1) is 60.1. The molecule has 15 aromatic carbocycles. The molecule has 0 unspecified atom stereocenters. The van der Waals surface area contributed by atoms with Crippen molar-refractivity contribution >= 4 is 133 Å². The fraction of sp³-hybridized carbons (Fsp3) is 0. The van der Waals surface area contributed by atoms with E-state index < -0.39 is 79.9 Å².